The molecular weight excluding hydrogens is 244 g/mol. The number of nitrogens with zero attached hydrogens (tertiary/aromatic N) is 1. The molecule has 0 aliphatic carbocycles. The van der Waals surface area contributed by atoms with Gasteiger partial charge in [-0.3, -0.25) is 11.5 Å². The number of fused-ring (bicyclic) bond motifs is 1. The fourth-order valence-corrected chi connectivity index (χ4v) is 1.69. The molecule has 5 N–H and O–H groups in total. The molecule has 0 aliphatic heterocycles. The minimum Gasteiger partial charge on any atom is -0.490 e. The summed E-state index contributed by atoms with van der Waals surface area (Å²) in [4.78, 5) is 0. The van der Waals surface area contributed by atoms with Crippen molar-refractivity contribution in [2.75, 3.05) is 6.61 Å². The third-order valence-electron chi connectivity index (χ3n) is 2.52. The molecule has 0 saturated carbocycles. The van der Waals surface area contributed by atoms with Gasteiger partial charge in [0, 0.05) is 5.39 Å². The number of guanidine groups is 1. The molecule has 0 unspecified atom stereocenters. The predicted molar refractivity (Wildman–Crippen MR) is 73.9 cm³/mol. The molecule has 1 heterocycles. The lowest BCUT2D eigenvalue weighted by molar-refractivity contribution is -0.464. The zero-order chi connectivity index (χ0) is 13.8. The van der Waals surface area contributed by atoms with Crippen LogP contribution in [0.2, 0.25) is 0 Å². The van der Waals surface area contributed by atoms with Crippen molar-refractivity contribution in [1.82, 2.24) is 0 Å². The van der Waals surface area contributed by atoms with Crippen molar-refractivity contribution in [2.45, 2.75) is 13.8 Å². The lowest BCUT2D eigenvalue weighted by Gasteiger charge is -2.02. The summed E-state index contributed by atoms with van der Waals surface area (Å²) in [6.45, 7) is 4.32. The molecule has 2 rings (SSSR count). The molecular formula is C13H17N4O2+. The topological polar surface area (TPSA) is 101 Å². The van der Waals surface area contributed by atoms with Crippen LogP contribution >= 0.6 is 0 Å². The first-order valence-electron chi connectivity index (χ1n) is 5.95. The molecule has 0 bridgehead atoms. The summed E-state index contributed by atoms with van der Waals surface area (Å²) in [5, 5.41) is 7.47. The normalized spacial score (nSPS) is 11.6. The second-order valence-corrected chi connectivity index (χ2v) is 3.98. The Balaban J connectivity index is 2.44. The molecule has 19 heavy (non-hydrogen) atoms. The first-order valence-corrected chi connectivity index (χ1v) is 5.95. The van der Waals surface area contributed by atoms with Crippen LogP contribution in [0, 0.1) is 0 Å². The van der Waals surface area contributed by atoms with Crippen LogP contribution in [0.4, 0.5) is 0 Å². The van der Waals surface area contributed by atoms with Crippen LogP contribution in [0.25, 0.3) is 11.0 Å². The molecule has 0 spiro atoms. The lowest BCUT2D eigenvalue weighted by Crippen LogP contribution is -2.72. The van der Waals surface area contributed by atoms with Gasteiger partial charge in [-0.25, -0.2) is 0 Å². The monoisotopic (exact) mass is 261 g/mol. The largest absolute Gasteiger partial charge is 0.490 e. The fraction of sp³-hybridized carbons (Fsp3) is 0.231. The van der Waals surface area contributed by atoms with Gasteiger partial charge in [-0.15, -0.1) is 5.10 Å². The van der Waals surface area contributed by atoms with Gasteiger partial charge in [0.05, 0.1) is 6.61 Å². The highest BCUT2D eigenvalue weighted by molar-refractivity contribution is 6.00. The maximum absolute atomic E-state index is 5.76. The molecule has 1 aromatic carbocycles. The van der Waals surface area contributed by atoms with E-state index >= 15 is 0 Å². The Morgan fingerprint density at radius 2 is 2.21 bits per heavy atom. The van der Waals surface area contributed by atoms with Crippen LogP contribution in [0.1, 0.15) is 19.6 Å². The van der Waals surface area contributed by atoms with Crippen molar-refractivity contribution in [2.24, 2.45) is 16.6 Å². The van der Waals surface area contributed by atoms with Crippen molar-refractivity contribution >= 4 is 22.6 Å². The number of nitrogens with one attached hydrogen (secondary N) is 1. The summed E-state index contributed by atoms with van der Waals surface area (Å²) in [6, 6.07) is 7.64. The lowest BCUT2D eigenvalue weighted by atomic mass is 10.2. The molecule has 0 aliphatic rings. The molecule has 0 atom stereocenters. The van der Waals surface area contributed by atoms with E-state index in [9.17, 15) is 0 Å². The molecule has 100 valence electrons. The van der Waals surface area contributed by atoms with Gasteiger partial charge in [0.2, 0.25) is 0 Å². The van der Waals surface area contributed by atoms with Crippen LogP contribution in [-0.2, 0) is 0 Å². The van der Waals surface area contributed by atoms with E-state index < -0.39 is 0 Å². The van der Waals surface area contributed by atoms with E-state index in [2.05, 4.69) is 10.2 Å². The summed E-state index contributed by atoms with van der Waals surface area (Å²) in [5.41, 5.74) is 11.9. The molecule has 1 aromatic heterocycles. The Labute approximate surface area is 110 Å². The average molecular weight is 261 g/mol. The Hall–Kier alpha value is -2.50. The smallest absolute Gasteiger partial charge is 0.362 e. The number of hydrogen-bond donors (Lipinski definition) is 3. The first kappa shape index (κ1) is 12.9. The standard InChI is InChI=1S/C13H16N4O2/c1-3-18-10-6-4-5-9-7-11(19-12(9)10)8(2)16-17-13(14)15/h4-7H,3H2,1-2H3,(H4,14,15,17)/p+1/b16-8-. The van der Waals surface area contributed by atoms with E-state index in [1.165, 1.54) is 0 Å². The summed E-state index contributed by atoms with van der Waals surface area (Å²) in [6.07, 6.45) is 0. The number of ether oxygens (including phenoxy) is 1. The van der Waals surface area contributed by atoms with Crippen LogP contribution in [-0.4, -0.2) is 18.3 Å². The second kappa shape index (κ2) is 5.43. The van der Waals surface area contributed by atoms with Crippen molar-refractivity contribution in [1.29, 1.82) is 0 Å². The second-order valence-electron chi connectivity index (χ2n) is 3.98. The van der Waals surface area contributed by atoms with Gasteiger partial charge in [0.1, 0.15) is 5.71 Å². The number of para-hydroxylation sites is 1. The zero-order valence-electron chi connectivity index (χ0n) is 10.9. The number of benzene rings is 1. The number of nitrogens with two attached hydrogens (primary N) is 2. The fourth-order valence-electron chi connectivity index (χ4n) is 1.69. The van der Waals surface area contributed by atoms with Gasteiger partial charge in [0.25, 0.3) is 0 Å². The van der Waals surface area contributed by atoms with Crippen LogP contribution in [0.3, 0.4) is 0 Å². The molecule has 6 nitrogen and oxygen atoms in total. The molecule has 0 fully saturated rings. The van der Waals surface area contributed by atoms with Crippen molar-refractivity contribution in [3.63, 3.8) is 0 Å². The van der Waals surface area contributed by atoms with Crippen LogP contribution < -0.4 is 21.3 Å². The zero-order valence-corrected chi connectivity index (χ0v) is 10.9. The molecule has 2 aromatic rings. The molecule has 0 saturated heterocycles. The van der Waals surface area contributed by atoms with Crippen LogP contribution in [0.5, 0.6) is 5.75 Å². The van der Waals surface area contributed by atoms with Crippen molar-refractivity contribution in [3.05, 3.63) is 30.0 Å². The number of furan rings is 1. The van der Waals surface area contributed by atoms with Gasteiger partial charge >= 0.3 is 5.96 Å². The van der Waals surface area contributed by atoms with E-state index in [1.807, 2.05) is 31.2 Å². The highest BCUT2D eigenvalue weighted by atomic mass is 16.5. The first-order chi connectivity index (χ1) is 9.11. The minimum atomic E-state index is 0.0328. The van der Waals surface area contributed by atoms with E-state index in [-0.39, 0.29) is 5.96 Å². The van der Waals surface area contributed by atoms with Gasteiger partial charge in [-0.2, -0.15) is 5.10 Å². The van der Waals surface area contributed by atoms with Gasteiger partial charge < -0.3 is 9.15 Å². The van der Waals surface area contributed by atoms with Gasteiger partial charge in [-0.05, 0) is 26.0 Å². The number of rotatable bonds is 4. The average Bonchev–Trinajstić information content (AvgIpc) is 2.81. The summed E-state index contributed by atoms with van der Waals surface area (Å²) >= 11 is 0. The predicted octanol–water partition coefficient (Wildman–Crippen LogP) is -0.0905. The third kappa shape index (κ3) is 2.85. The maximum atomic E-state index is 5.76. The molecule has 0 amide bonds. The Morgan fingerprint density at radius 3 is 2.89 bits per heavy atom. The Bertz CT molecular complexity index is 639. The Kier molecular flexibility index (Phi) is 3.70. The summed E-state index contributed by atoms with van der Waals surface area (Å²) < 4.78 is 11.3. The van der Waals surface area contributed by atoms with Gasteiger partial charge in [-0.1, -0.05) is 12.1 Å². The maximum Gasteiger partial charge on any atom is 0.362 e. The molecule has 0 radical (unpaired) electrons. The van der Waals surface area contributed by atoms with Crippen molar-refractivity contribution in [3.8, 4) is 5.75 Å². The molecule has 6 heteroatoms. The van der Waals surface area contributed by atoms with E-state index in [4.69, 9.17) is 20.6 Å². The van der Waals surface area contributed by atoms with E-state index in [1.54, 1.807) is 6.92 Å². The SMILES string of the molecule is CCOc1cccc2cc(/C(C)=N\[NH+]=C(N)N)oc12. The quantitative estimate of drug-likeness (QED) is 0.407. The number of hydrogen-bond acceptors (Lipinski definition) is 3. The third-order valence-corrected chi connectivity index (χ3v) is 2.52. The summed E-state index contributed by atoms with van der Waals surface area (Å²) in [7, 11) is 0. The summed E-state index contributed by atoms with van der Waals surface area (Å²) in [5.74, 6) is 1.39. The Morgan fingerprint density at radius 1 is 1.42 bits per heavy atom. The van der Waals surface area contributed by atoms with Crippen LogP contribution in [0.15, 0.2) is 33.8 Å². The van der Waals surface area contributed by atoms with Crippen molar-refractivity contribution < 1.29 is 14.3 Å². The minimum absolute atomic E-state index is 0.0328. The highest BCUT2D eigenvalue weighted by Gasteiger charge is 2.11. The van der Waals surface area contributed by atoms with Gasteiger partial charge in [0.15, 0.2) is 17.1 Å². The van der Waals surface area contributed by atoms with E-state index in [0.29, 0.717) is 23.7 Å². The van der Waals surface area contributed by atoms with E-state index in [0.717, 1.165) is 11.1 Å². The highest BCUT2D eigenvalue weighted by Crippen LogP contribution is 2.28. The number of hydrazone groups is 1.